The topological polar surface area (TPSA) is 43.4 Å². The third-order valence-electron chi connectivity index (χ3n) is 2.63. The van der Waals surface area contributed by atoms with Gasteiger partial charge in [0.1, 0.15) is 5.75 Å². The molecule has 0 aromatic heterocycles. The molecule has 0 heterocycles. The van der Waals surface area contributed by atoms with E-state index in [1.807, 2.05) is 24.3 Å². The van der Waals surface area contributed by atoms with Crippen molar-refractivity contribution in [3.05, 3.63) is 35.4 Å². The van der Waals surface area contributed by atoms with Gasteiger partial charge in [0.2, 0.25) is 0 Å². The number of benzene rings is 1. The Labute approximate surface area is 90.2 Å². The van der Waals surface area contributed by atoms with E-state index in [-0.39, 0.29) is 5.75 Å². The zero-order valence-electron chi connectivity index (χ0n) is 8.64. The first-order valence-corrected chi connectivity index (χ1v) is 6.55. The maximum atomic E-state index is 11.2. The van der Waals surface area contributed by atoms with Crippen molar-refractivity contribution in [1.29, 1.82) is 0 Å². The molecule has 1 saturated carbocycles. The fraction of sp³-hybridized carbons (Fsp3) is 0.455. The summed E-state index contributed by atoms with van der Waals surface area (Å²) >= 11 is 0. The van der Waals surface area contributed by atoms with Gasteiger partial charge >= 0.3 is 0 Å². The minimum Gasteiger partial charge on any atom is -0.273 e. The van der Waals surface area contributed by atoms with Crippen molar-refractivity contribution in [3.8, 4) is 0 Å². The van der Waals surface area contributed by atoms with Gasteiger partial charge in [-0.2, -0.15) is 8.42 Å². The highest BCUT2D eigenvalue weighted by Gasteiger charge is 2.23. The molecule has 1 aromatic rings. The molecule has 0 N–H and O–H groups in total. The van der Waals surface area contributed by atoms with Crippen LogP contribution in [0.5, 0.6) is 0 Å². The van der Waals surface area contributed by atoms with Gasteiger partial charge in [0, 0.05) is 0 Å². The molecule has 3 nitrogen and oxygen atoms in total. The molecule has 82 valence electrons. The molecule has 1 aromatic carbocycles. The summed E-state index contributed by atoms with van der Waals surface area (Å²) in [4.78, 5) is 0. The van der Waals surface area contributed by atoms with Gasteiger partial charge in [0.05, 0.1) is 7.11 Å². The van der Waals surface area contributed by atoms with Crippen LogP contribution in [0.2, 0.25) is 0 Å². The van der Waals surface area contributed by atoms with Crippen LogP contribution in [0.4, 0.5) is 0 Å². The second-order valence-corrected chi connectivity index (χ2v) is 5.62. The van der Waals surface area contributed by atoms with E-state index in [1.54, 1.807) is 0 Å². The summed E-state index contributed by atoms with van der Waals surface area (Å²) in [7, 11) is -2.20. The summed E-state index contributed by atoms with van der Waals surface area (Å²) in [6.45, 7) is 0. The molecule has 0 unspecified atom stereocenters. The minimum atomic E-state index is -3.39. The normalized spacial score (nSPS) is 16.6. The molecule has 1 aliphatic rings. The monoisotopic (exact) mass is 226 g/mol. The maximum absolute atomic E-state index is 11.2. The molecular formula is C11H14O3S. The van der Waals surface area contributed by atoms with Gasteiger partial charge < -0.3 is 0 Å². The largest absolute Gasteiger partial charge is 0.273 e. The van der Waals surface area contributed by atoms with E-state index in [9.17, 15) is 8.42 Å². The van der Waals surface area contributed by atoms with Gasteiger partial charge in [-0.25, -0.2) is 0 Å². The second-order valence-electron chi connectivity index (χ2n) is 3.88. The smallest absolute Gasteiger partial charge is 0.271 e. The summed E-state index contributed by atoms with van der Waals surface area (Å²) in [5.41, 5.74) is 2.09. The Morgan fingerprint density at radius 1 is 1.27 bits per heavy atom. The van der Waals surface area contributed by atoms with E-state index >= 15 is 0 Å². The molecule has 0 saturated heterocycles. The molecule has 1 aliphatic carbocycles. The van der Waals surface area contributed by atoms with Gasteiger partial charge in [0.25, 0.3) is 10.1 Å². The first-order valence-electron chi connectivity index (χ1n) is 4.98. The van der Waals surface area contributed by atoms with E-state index in [0.717, 1.165) is 5.56 Å². The quantitative estimate of drug-likeness (QED) is 0.738. The third-order valence-corrected chi connectivity index (χ3v) is 3.82. The Balaban J connectivity index is 2.10. The van der Waals surface area contributed by atoms with Gasteiger partial charge in [-0.15, -0.1) is 0 Å². The lowest BCUT2D eigenvalue weighted by molar-refractivity contribution is 0.397. The summed E-state index contributed by atoms with van der Waals surface area (Å²) in [6.07, 6.45) is 2.52. The summed E-state index contributed by atoms with van der Waals surface area (Å²) in [6, 6.07) is 7.75. The van der Waals surface area contributed by atoms with Crippen molar-refractivity contribution >= 4 is 10.1 Å². The van der Waals surface area contributed by atoms with Crippen molar-refractivity contribution in [3.63, 3.8) is 0 Å². The van der Waals surface area contributed by atoms with Gasteiger partial charge in [-0.05, 0) is 29.9 Å². The van der Waals surface area contributed by atoms with Crippen LogP contribution in [-0.2, 0) is 20.1 Å². The SMILES string of the molecule is COS(=O)(=O)Cc1ccc(C2CC2)cc1. The zero-order chi connectivity index (χ0) is 10.9. The van der Waals surface area contributed by atoms with Crippen LogP contribution in [-0.4, -0.2) is 15.5 Å². The fourth-order valence-electron chi connectivity index (χ4n) is 1.57. The molecule has 0 amide bonds. The molecular weight excluding hydrogens is 212 g/mol. The van der Waals surface area contributed by atoms with Crippen molar-refractivity contribution in [2.45, 2.75) is 24.5 Å². The lowest BCUT2D eigenvalue weighted by Gasteiger charge is -2.03. The first-order chi connectivity index (χ1) is 7.11. The molecule has 0 spiro atoms. The fourth-order valence-corrected chi connectivity index (χ4v) is 2.28. The number of hydrogen-bond acceptors (Lipinski definition) is 3. The van der Waals surface area contributed by atoms with E-state index in [2.05, 4.69) is 4.18 Å². The van der Waals surface area contributed by atoms with Crippen LogP contribution in [0.3, 0.4) is 0 Å². The molecule has 2 rings (SSSR count). The maximum Gasteiger partial charge on any atom is 0.271 e. The summed E-state index contributed by atoms with van der Waals surface area (Å²) < 4.78 is 26.8. The predicted molar refractivity (Wildman–Crippen MR) is 58.0 cm³/mol. The third kappa shape index (κ3) is 2.79. The Morgan fingerprint density at radius 2 is 1.87 bits per heavy atom. The summed E-state index contributed by atoms with van der Waals surface area (Å²) in [5, 5.41) is 0. The van der Waals surface area contributed by atoms with E-state index < -0.39 is 10.1 Å². The lowest BCUT2D eigenvalue weighted by atomic mass is 10.1. The van der Waals surface area contributed by atoms with Gasteiger partial charge in [0.15, 0.2) is 0 Å². The average molecular weight is 226 g/mol. The van der Waals surface area contributed by atoms with Crippen LogP contribution in [0.15, 0.2) is 24.3 Å². The van der Waals surface area contributed by atoms with Crippen LogP contribution in [0, 0.1) is 0 Å². The van der Waals surface area contributed by atoms with E-state index in [0.29, 0.717) is 5.92 Å². The van der Waals surface area contributed by atoms with E-state index in [1.165, 1.54) is 25.5 Å². The highest BCUT2D eigenvalue weighted by Crippen LogP contribution is 2.39. The molecule has 0 aliphatic heterocycles. The van der Waals surface area contributed by atoms with Crippen molar-refractivity contribution in [2.24, 2.45) is 0 Å². The Bertz CT molecular complexity index is 429. The van der Waals surface area contributed by atoms with Crippen LogP contribution in [0.25, 0.3) is 0 Å². The standard InChI is InChI=1S/C11H14O3S/c1-14-15(12,13)8-9-2-4-10(5-3-9)11-6-7-11/h2-5,11H,6-8H2,1H3. The number of rotatable bonds is 4. The van der Waals surface area contributed by atoms with Gasteiger partial charge in [-0.1, -0.05) is 24.3 Å². The Hall–Kier alpha value is -0.870. The lowest BCUT2D eigenvalue weighted by Crippen LogP contribution is -2.05. The second kappa shape index (κ2) is 3.94. The predicted octanol–water partition coefficient (Wildman–Crippen LogP) is 2.04. The van der Waals surface area contributed by atoms with Crippen molar-refractivity contribution in [1.82, 2.24) is 0 Å². The van der Waals surface area contributed by atoms with E-state index in [4.69, 9.17) is 0 Å². The Kier molecular flexibility index (Phi) is 2.80. The molecule has 0 bridgehead atoms. The molecule has 1 fully saturated rings. The first kappa shape index (κ1) is 10.6. The highest BCUT2D eigenvalue weighted by atomic mass is 32.2. The average Bonchev–Trinajstić information content (AvgIpc) is 3.02. The van der Waals surface area contributed by atoms with Crippen molar-refractivity contribution in [2.75, 3.05) is 7.11 Å². The van der Waals surface area contributed by atoms with Crippen LogP contribution in [0.1, 0.15) is 29.9 Å². The zero-order valence-corrected chi connectivity index (χ0v) is 9.46. The Morgan fingerprint density at radius 3 is 2.33 bits per heavy atom. The van der Waals surface area contributed by atoms with Crippen LogP contribution >= 0.6 is 0 Å². The summed E-state index contributed by atoms with van der Waals surface area (Å²) in [5.74, 6) is 0.659. The molecule has 0 radical (unpaired) electrons. The number of hydrogen-bond donors (Lipinski definition) is 0. The minimum absolute atomic E-state index is 0.0472. The van der Waals surface area contributed by atoms with Crippen LogP contribution < -0.4 is 0 Å². The molecule has 4 heteroatoms. The van der Waals surface area contributed by atoms with Crippen molar-refractivity contribution < 1.29 is 12.6 Å². The van der Waals surface area contributed by atoms with Gasteiger partial charge in [-0.3, -0.25) is 4.18 Å². The highest BCUT2D eigenvalue weighted by molar-refractivity contribution is 7.85. The molecule has 0 atom stereocenters. The molecule has 15 heavy (non-hydrogen) atoms.